The lowest BCUT2D eigenvalue weighted by atomic mass is 9.86. The van der Waals surface area contributed by atoms with Gasteiger partial charge in [-0.2, -0.15) is 0 Å². The van der Waals surface area contributed by atoms with Gasteiger partial charge in [0, 0.05) is 24.5 Å². The second-order valence-corrected chi connectivity index (χ2v) is 5.83. The molecule has 0 aliphatic heterocycles. The fraction of sp³-hybridized carbons (Fsp3) is 0.500. The molecule has 1 N–H and O–H groups in total. The van der Waals surface area contributed by atoms with E-state index in [1.807, 2.05) is 0 Å². The highest BCUT2D eigenvalue weighted by molar-refractivity contribution is 5.88. The highest BCUT2D eigenvalue weighted by atomic mass is 16.5. The van der Waals surface area contributed by atoms with Crippen molar-refractivity contribution in [3.05, 3.63) is 24.2 Å². The predicted octanol–water partition coefficient (Wildman–Crippen LogP) is 1.66. The molecule has 0 spiro atoms. The van der Waals surface area contributed by atoms with Crippen LogP contribution in [0.5, 0.6) is 0 Å². The van der Waals surface area contributed by atoms with Crippen LogP contribution < -0.4 is 5.32 Å². The highest BCUT2D eigenvalue weighted by Crippen LogP contribution is 2.27. The molecule has 1 aliphatic carbocycles. The molecule has 128 valence electrons. The summed E-state index contributed by atoms with van der Waals surface area (Å²) < 4.78 is 11.3. The third kappa shape index (κ3) is 3.17. The fourth-order valence-corrected chi connectivity index (χ4v) is 3.06. The van der Waals surface area contributed by atoms with Gasteiger partial charge in [-0.15, -0.1) is 0 Å². The zero-order chi connectivity index (χ0) is 17.1. The molecule has 3 rings (SSSR count). The molecule has 0 bridgehead atoms. The maximum Gasteiger partial charge on any atom is 0.356 e. The Kier molecular flexibility index (Phi) is 4.64. The van der Waals surface area contributed by atoms with Gasteiger partial charge in [0.05, 0.1) is 20.1 Å². The standard InChI is InChI=1S/C16H20N4O4/c1-23-14(21)10-3-5-11(6-4-10)18-16-19-12(15(22)24-2)9-13-17-7-8-20(13)16/h7-11H,3-6H2,1-2H3,(H,18,19). The van der Waals surface area contributed by atoms with Gasteiger partial charge in [0.25, 0.3) is 0 Å². The van der Waals surface area contributed by atoms with Crippen molar-refractivity contribution in [3.8, 4) is 0 Å². The van der Waals surface area contributed by atoms with E-state index in [9.17, 15) is 9.59 Å². The summed E-state index contributed by atoms with van der Waals surface area (Å²) >= 11 is 0. The molecular formula is C16H20N4O4. The summed E-state index contributed by atoms with van der Waals surface area (Å²) in [7, 11) is 2.74. The summed E-state index contributed by atoms with van der Waals surface area (Å²) in [6.07, 6.45) is 6.64. The van der Waals surface area contributed by atoms with E-state index in [1.165, 1.54) is 14.2 Å². The number of aromatic nitrogens is 3. The lowest BCUT2D eigenvalue weighted by Crippen LogP contribution is -2.31. The minimum atomic E-state index is -0.502. The highest BCUT2D eigenvalue weighted by Gasteiger charge is 2.27. The Hall–Kier alpha value is -2.64. The average molecular weight is 332 g/mol. The van der Waals surface area contributed by atoms with E-state index < -0.39 is 5.97 Å². The van der Waals surface area contributed by atoms with Gasteiger partial charge < -0.3 is 14.8 Å². The van der Waals surface area contributed by atoms with Crippen LogP contribution in [0.2, 0.25) is 0 Å². The smallest absolute Gasteiger partial charge is 0.356 e. The molecule has 1 saturated carbocycles. The molecule has 0 saturated heterocycles. The van der Waals surface area contributed by atoms with Gasteiger partial charge in [-0.3, -0.25) is 9.20 Å². The van der Waals surface area contributed by atoms with Crippen molar-refractivity contribution >= 4 is 23.5 Å². The van der Waals surface area contributed by atoms with Gasteiger partial charge in [-0.1, -0.05) is 0 Å². The van der Waals surface area contributed by atoms with Crippen LogP contribution in [0.3, 0.4) is 0 Å². The number of carbonyl (C=O) groups is 2. The van der Waals surface area contributed by atoms with E-state index in [1.54, 1.807) is 22.9 Å². The number of methoxy groups -OCH3 is 2. The normalized spacial score (nSPS) is 20.6. The van der Waals surface area contributed by atoms with E-state index in [-0.39, 0.29) is 23.6 Å². The number of nitrogens with one attached hydrogen (secondary N) is 1. The summed E-state index contributed by atoms with van der Waals surface area (Å²) in [5.74, 6) is -0.128. The maximum atomic E-state index is 11.8. The number of rotatable bonds is 4. The molecule has 2 aromatic rings. The van der Waals surface area contributed by atoms with Crippen LogP contribution in [-0.2, 0) is 14.3 Å². The number of nitrogens with zero attached hydrogens (tertiary/aromatic N) is 3. The number of ether oxygens (including phenoxy) is 2. The summed E-state index contributed by atoms with van der Waals surface area (Å²) in [4.78, 5) is 31.9. The molecule has 8 nitrogen and oxygen atoms in total. The Morgan fingerprint density at radius 1 is 1.21 bits per heavy atom. The molecule has 1 fully saturated rings. The monoisotopic (exact) mass is 332 g/mol. The SMILES string of the molecule is COC(=O)c1cc2nccn2c(NC2CCC(C(=O)OC)CC2)n1. The third-order valence-electron chi connectivity index (χ3n) is 4.38. The maximum absolute atomic E-state index is 11.8. The van der Waals surface area contributed by atoms with Gasteiger partial charge in [0.15, 0.2) is 5.69 Å². The topological polar surface area (TPSA) is 94.8 Å². The Balaban J connectivity index is 1.77. The first-order chi connectivity index (χ1) is 11.6. The summed E-state index contributed by atoms with van der Waals surface area (Å²) in [6.45, 7) is 0. The number of carbonyl (C=O) groups excluding carboxylic acids is 2. The summed E-state index contributed by atoms with van der Waals surface area (Å²) in [6, 6.07) is 1.77. The van der Waals surface area contributed by atoms with Gasteiger partial charge in [-0.25, -0.2) is 14.8 Å². The second kappa shape index (κ2) is 6.86. The minimum Gasteiger partial charge on any atom is -0.469 e. The molecule has 1 aliphatic rings. The van der Waals surface area contributed by atoms with Crippen molar-refractivity contribution in [2.75, 3.05) is 19.5 Å². The molecule has 2 heterocycles. The number of imidazole rings is 1. The van der Waals surface area contributed by atoms with E-state index in [0.717, 1.165) is 25.7 Å². The van der Waals surface area contributed by atoms with Crippen LogP contribution in [-0.4, -0.2) is 46.6 Å². The molecule has 2 aromatic heterocycles. The Morgan fingerprint density at radius 3 is 2.62 bits per heavy atom. The van der Waals surface area contributed by atoms with E-state index >= 15 is 0 Å². The predicted molar refractivity (Wildman–Crippen MR) is 85.7 cm³/mol. The fourth-order valence-electron chi connectivity index (χ4n) is 3.06. The zero-order valence-corrected chi connectivity index (χ0v) is 13.7. The minimum absolute atomic E-state index is 0.0318. The van der Waals surface area contributed by atoms with E-state index in [0.29, 0.717) is 11.6 Å². The lowest BCUT2D eigenvalue weighted by molar-refractivity contribution is -0.146. The molecule has 0 aromatic carbocycles. The second-order valence-electron chi connectivity index (χ2n) is 5.83. The number of hydrogen-bond acceptors (Lipinski definition) is 7. The van der Waals surface area contributed by atoms with Gasteiger partial charge in [-0.05, 0) is 25.7 Å². The largest absolute Gasteiger partial charge is 0.469 e. The molecule has 8 heteroatoms. The number of esters is 2. The van der Waals surface area contributed by atoms with Crippen molar-refractivity contribution in [2.24, 2.45) is 5.92 Å². The number of fused-ring (bicyclic) bond motifs is 1. The Morgan fingerprint density at radius 2 is 1.96 bits per heavy atom. The van der Waals surface area contributed by atoms with Crippen molar-refractivity contribution in [3.63, 3.8) is 0 Å². The first-order valence-electron chi connectivity index (χ1n) is 7.89. The Labute approximate surface area is 139 Å². The first-order valence-corrected chi connectivity index (χ1v) is 7.89. The molecule has 24 heavy (non-hydrogen) atoms. The molecule has 0 amide bonds. The Bertz CT molecular complexity index is 750. The molecule has 0 radical (unpaired) electrons. The molecule has 0 atom stereocenters. The van der Waals surface area contributed by atoms with Gasteiger partial charge in [0.2, 0.25) is 5.95 Å². The quantitative estimate of drug-likeness (QED) is 0.851. The van der Waals surface area contributed by atoms with Crippen LogP contribution in [0.25, 0.3) is 5.65 Å². The lowest BCUT2D eigenvalue weighted by Gasteiger charge is -2.28. The molecule has 0 unspecified atom stereocenters. The van der Waals surface area contributed by atoms with Gasteiger partial charge in [0.1, 0.15) is 5.65 Å². The van der Waals surface area contributed by atoms with Crippen LogP contribution in [0.15, 0.2) is 18.5 Å². The van der Waals surface area contributed by atoms with Crippen molar-refractivity contribution in [1.29, 1.82) is 0 Å². The van der Waals surface area contributed by atoms with Crippen molar-refractivity contribution in [2.45, 2.75) is 31.7 Å². The average Bonchev–Trinajstić information content (AvgIpc) is 3.09. The summed E-state index contributed by atoms with van der Waals surface area (Å²) in [5, 5.41) is 3.36. The van der Waals surface area contributed by atoms with Crippen molar-refractivity contribution < 1.29 is 19.1 Å². The van der Waals surface area contributed by atoms with Crippen LogP contribution >= 0.6 is 0 Å². The first kappa shape index (κ1) is 16.2. The zero-order valence-electron chi connectivity index (χ0n) is 13.7. The van der Waals surface area contributed by atoms with Crippen LogP contribution in [0.1, 0.15) is 36.2 Å². The van der Waals surface area contributed by atoms with Crippen LogP contribution in [0.4, 0.5) is 5.95 Å². The summed E-state index contributed by atoms with van der Waals surface area (Å²) in [5.41, 5.74) is 0.832. The molecular weight excluding hydrogens is 312 g/mol. The van der Waals surface area contributed by atoms with Crippen molar-refractivity contribution in [1.82, 2.24) is 14.4 Å². The van der Waals surface area contributed by atoms with Gasteiger partial charge >= 0.3 is 11.9 Å². The third-order valence-corrected chi connectivity index (χ3v) is 4.38. The van der Waals surface area contributed by atoms with E-state index in [2.05, 4.69) is 15.3 Å². The number of hydrogen-bond donors (Lipinski definition) is 1. The number of anilines is 1. The van der Waals surface area contributed by atoms with Crippen LogP contribution in [0, 0.1) is 5.92 Å². The van der Waals surface area contributed by atoms with E-state index in [4.69, 9.17) is 9.47 Å².